The summed E-state index contributed by atoms with van der Waals surface area (Å²) in [6, 6.07) is 7.39. The van der Waals surface area contributed by atoms with E-state index in [4.69, 9.17) is 9.84 Å². The molecule has 0 aliphatic heterocycles. The number of hydrogen-bond donors (Lipinski definition) is 1. The van der Waals surface area contributed by atoms with Crippen molar-refractivity contribution in [1.82, 2.24) is 4.98 Å². The minimum Gasteiger partial charge on any atom is -0.497 e. The number of carboxylic acid groups (broad SMARTS) is 1. The van der Waals surface area contributed by atoms with Crippen molar-refractivity contribution in [1.29, 1.82) is 0 Å². The highest BCUT2D eigenvalue weighted by Gasteiger charge is 2.04. The number of aliphatic carboxylic acids is 1. The highest BCUT2D eigenvalue weighted by molar-refractivity contribution is 5.93. The van der Waals surface area contributed by atoms with Gasteiger partial charge in [0.05, 0.1) is 12.6 Å². The first-order valence-corrected chi connectivity index (χ1v) is 5.46. The second kappa shape index (κ2) is 4.87. The maximum absolute atomic E-state index is 10.6. The van der Waals surface area contributed by atoms with Crippen LogP contribution in [0.5, 0.6) is 5.75 Å². The van der Waals surface area contributed by atoms with Gasteiger partial charge in [-0.3, -0.25) is 4.98 Å². The fraction of sp³-hybridized carbons (Fsp3) is 0.143. The number of pyridine rings is 1. The molecule has 2 aromatic rings. The van der Waals surface area contributed by atoms with Gasteiger partial charge in [-0.25, -0.2) is 4.79 Å². The summed E-state index contributed by atoms with van der Waals surface area (Å²) in [5.74, 6) is -0.251. The van der Waals surface area contributed by atoms with Crippen LogP contribution >= 0.6 is 0 Å². The Kier molecular flexibility index (Phi) is 3.28. The second-order valence-electron chi connectivity index (χ2n) is 3.91. The first-order chi connectivity index (χ1) is 8.60. The van der Waals surface area contributed by atoms with Gasteiger partial charge in [-0.15, -0.1) is 0 Å². The van der Waals surface area contributed by atoms with Crippen LogP contribution in [0.2, 0.25) is 0 Å². The molecular weight excluding hydrogens is 230 g/mol. The molecule has 2 rings (SSSR count). The quantitative estimate of drug-likeness (QED) is 0.842. The number of ether oxygens (including phenoxy) is 1. The molecule has 0 aliphatic carbocycles. The van der Waals surface area contributed by atoms with E-state index in [2.05, 4.69) is 4.98 Å². The topological polar surface area (TPSA) is 59.4 Å². The van der Waals surface area contributed by atoms with Crippen LogP contribution in [0.3, 0.4) is 0 Å². The first-order valence-electron chi connectivity index (χ1n) is 5.46. The third-order valence-corrected chi connectivity index (χ3v) is 2.58. The molecule has 0 spiro atoms. The third kappa shape index (κ3) is 2.48. The molecule has 0 saturated heterocycles. The van der Waals surface area contributed by atoms with Gasteiger partial charge >= 0.3 is 5.97 Å². The number of aryl methyl sites for hydroxylation is 1. The number of carboxylic acids is 1. The number of carbonyl (C=O) groups is 1. The van der Waals surface area contributed by atoms with Gasteiger partial charge in [0.25, 0.3) is 0 Å². The molecule has 0 radical (unpaired) electrons. The largest absolute Gasteiger partial charge is 0.497 e. The van der Waals surface area contributed by atoms with E-state index in [0.717, 1.165) is 34.0 Å². The molecule has 0 amide bonds. The van der Waals surface area contributed by atoms with Crippen LogP contribution in [0, 0.1) is 6.92 Å². The first kappa shape index (κ1) is 12.1. The standard InChI is InChI=1S/C14H13NO3/c1-9-7-10(3-6-14(16)17)12-8-11(18-2)4-5-13(12)15-9/h3-8H,1-2H3,(H,16,17)/b6-3+. The van der Waals surface area contributed by atoms with E-state index in [-0.39, 0.29) is 0 Å². The Bertz CT molecular complexity index is 632. The Morgan fingerprint density at radius 3 is 2.83 bits per heavy atom. The summed E-state index contributed by atoms with van der Waals surface area (Å²) in [6.45, 7) is 1.88. The molecule has 92 valence electrons. The Morgan fingerprint density at radius 2 is 2.17 bits per heavy atom. The highest BCUT2D eigenvalue weighted by Crippen LogP contribution is 2.24. The van der Waals surface area contributed by atoms with Crippen LogP contribution in [0.4, 0.5) is 0 Å². The van der Waals surface area contributed by atoms with Crippen molar-refractivity contribution in [2.24, 2.45) is 0 Å². The van der Waals surface area contributed by atoms with Gasteiger partial charge in [-0.2, -0.15) is 0 Å². The molecular formula is C14H13NO3. The second-order valence-corrected chi connectivity index (χ2v) is 3.91. The smallest absolute Gasteiger partial charge is 0.328 e. The third-order valence-electron chi connectivity index (χ3n) is 2.58. The van der Waals surface area contributed by atoms with Gasteiger partial charge in [0.15, 0.2) is 0 Å². The zero-order valence-corrected chi connectivity index (χ0v) is 10.2. The van der Waals surface area contributed by atoms with Crippen LogP contribution in [-0.2, 0) is 4.79 Å². The van der Waals surface area contributed by atoms with Gasteiger partial charge in [-0.1, -0.05) is 0 Å². The molecule has 0 unspecified atom stereocenters. The molecule has 4 heteroatoms. The van der Waals surface area contributed by atoms with Crippen molar-refractivity contribution in [3.63, 3.8) is 0 Å². The van der Waals surface area contributed by atoms with Crippen LogP contribution in [0.25, 0.3) is 17.0 Å². The number of rotatable bonds is 3. The molecule has 1 N–H and O–H groups in total. The number of aromatic nitrogens is 1. The van der Waals surface area contributed by atoms with Crippen molar-refractivity contribution in [2.45, 2.75) is 6.92 Å². The molecule has 18 heavy (non-hydrogen) atoms. The molecule has 0 atom stereocenters. The molecule has 1 aromatic carbocycles. The zero-order valence-electron chi connectivity index (χ0n) is 10.2. The van der Waals surface area contributed by atoms with Crippen molar-refractivity contribution < 1.29 is 14.6 Å². The summed E-state index contributed by atoms with van der Waals surface area (Å²) in [6.07, 6.45) is 2.69. The van der Waals surface area contributed by atoms with E-state index < -0.39 is 5.97 Å². The van der Waals surface area contributed by atoms with Gasteiger partial charge < -0.3 is 9.84 Å². The maximum atomic E-state index is 10.6. The van der Waals surface area contributed by atoms with E-state index in [0.29, 0.717) is 0 Å². The van der Waals surface area contributed by atoms with E-state index in [1.807, 2.05) is 31.2 Å². The molecule has 1 aromatic heterocycles. The SMILES string of the molecule is COc1ccc2nc(C)cc(/C=C/C(=O)O)c2c1. The van der Waals surface area contributed by atoms with Crippen LogP contribution in [0.15, 0.2) is 30.3 Å². The Morgan fingerprint density at radius 1 is 1.39 bits per heavy atom. The molecule has 0 aliphatic rings. The van der Waals surface area contributed by atoms with Crippen molar-refractivity contribution >= 4 is 22.9 Å². The summed E-state index contributed by atoms with van der Waals surface area (Å²) < 4.78 is 5.16. The number of benzene rings is 1. The average molecular weight is 243 g/mol. The van der Waals surface area contributed by atoms with Crippen LogP contribution in [0.1, 0.15) is 11.3 Å². The number of methoxy groups -OCH3 is 1. The summed E-state index contributed by atoms with van der Waals surface area (Å²) in [5, 5.41) is 9.56. The lowest BCUT2D eigenvalue weighted by molar-refractivity contribution is -0.131. The van der Waals surface area contributed by atoms with Gasteiger partial charge in [-0.05, 0) is 42.8 Å². The number of nitrogens with zero attached hydrogens (tertiary/aromatic N) is 1. The average Bonchev–Trinajstić information content (AvgIpc) is 2.35. The lowest BCUT2D eigenvalue weighted by Crippen LogP contribution is -1.91. The Balaban J connectivity index is 2.65. The monoisotopic (exact) mass is 243 g/mol. The number of fused-ring (bicyclic) bond motifs is 1. The molecule has 0 saturated carbocycles. The van der Waals surface area contributed by atoms with Crippen molar-refractivity contribution in [2.75, 3.05) is 7.11 Å². The van der Waals surface area contributed by atoms with E-state index in [1.165, 1.54) is 0 Å². The fourth-order valence-electron chi connectivity index (χ4n) is 1.79. The predicted octanol–water partition coefficient (Wildman–Crippen LogP) is 2.65. The minimum atomic E-state index is -0.972. The van der Waals surface area contributed by atoms with Crippen LogP contribution < -0.4 is 4.74 Å². The highest BCUT2D eigenvalue weighted by atomic mass is 16.5. The fourth-order valence-corrected chi connectivity index (χ4v) is 1.79. The summed E-state index contributed by atoms with van der Waals surface area (Å²) >= 11 is 0. The van der Waals surface area contributed by atoms with Gasteiger partial charge in [0, 0.05) is 17.2 Å². The van der Waals surface area contributed by atoms with Crippen molar-refractivity contribution in [3.8, 4) is 5.75 Å². The molecule has 0 bridgehead atoms. The van der Waals surface area contributed by atoms with E-state index >= 15 is 0 Å². The number of hydrogen-bond acceptors (Lipinski definition) is 3. The van der Waals surface area contributed by atoms with E-state index in [9.17, 15) is 4.79 Å². The zero-order chi connectivity index (χ0) is 13.1. The van der Waals surface area contributed by atoms with Crippen LogP contribution in [-0.4, -0.2) is 23.2 Å². The van der Waals surface area contributed by atoms with Gasteiger partial charge in [0.1, 0.15) is 5.75 Å². The summed E-state index contributed by atoms with van der Waals surface area (Å²) in [4.78, 5) is 15.0. The summed E-state index contributed by atoms with van der Waals surface area (Å²) in [7, 11) is 1.59. The normalized spacial score (nSPS) is 11.0. The van der Waals surface area contributed by atoms with Crippen molar-refractivity contribution in [3.05, 3.63) is 41.6 Å². The van der Waals surface area contributed by atoms with E-state index in [1.54, 1.807) is 13.2 Å². The molecule has 4 nitrogen and oxygen atoms in total. The molecule has 1 heterocycles. The lowest BCUT2D eigenvalue weighted by atomic mass is 10.1. The maximum Gasteiger partial charge on any atom is 0.328 e. The summed E-state index contributed by atoms with van der Waals surface area (Å²) in [5.41, 5.74) is 2.48. The minimum absolute atomic E-state index is 0.720. The lowest BCUT2D eigenvalue weighted by Gasteiger charge is -2.06. The predicted molar refractivity (Wildman–Crippen MR) is 69.7 cm³/mol. The Hall–Kier alpha value is -2.36. The Labute approximate surface area is 105 Å². The van der Waals surface area contributed by atoms with Gasteiger partial charge in [0.2, 0.25) is 0 Å². The molecule has 0 fully saturated rings.